The molecule has 0 aliphatic carbocycles. The molecule has 2 atom stereocenters. The Morgan fingerprint density at radius 2 is 2.29 bits per heavy atom. The molecule has 21 heavy (non-hydrogen) atoms. The van der Waals surface area contributed by atoms with Crippen molar-refractivity contribution in [3.8, 4) is 11.8 Å². The van der Waals surface area contributed by atoms with E-state index in [-0.39, 0.29) is 18.6 Å². The predicted molar refractivity (Wildman–Crippen MR) is 81.7 cm³/mol. The average Bonchev–Trinajstić information content (AvgIpc) is 2.47. The second kappa shape index (κ2) is 7.24. The van der Waals surface area contributed by atoms with E-state index in [1.165, 1.54) is 0 Å². The van der Waals surface area contributed by atoms with Crippen LogP contribution >= 0.6 is 0 Å². The molecule has 0 saturated carbocycles. The quantitative estimate of drug-likeness (QED) is 0.847. The fraction of sp³-hybridized carbons (Fsp3) is 0.529. The summed E-state index contributed by atoms with van der Waals surface area (Å²) < 4.78 is 0. The monoisotopic (exact) mass is 286 g/mol. The van der Waals surface area contributed by atoms with Crippen LogP contribution in [0.25, 0.3) is 0 Å². The van der Waals surface area contributed by atoms with Crippen molar-refractivity contribution in [2.24, 2.45) is 5.92 Å². The predicted octanol–water partition coefficient (Wildman–Crippen LogP) is 2.08. The molecule has 1 amide bonds. The van der Waals surface area contributed by atoms with Crippen molar-refractivity contribution in [2.75, 3.05) is 13.2 Å². The van der Waals surface area contributed by atoms with Crippen LogP contribution in [0.2, 0.25) is 0 Å². The van der Waals surface area contributed by atoms with Crippen LogP contribution in [0.1, 0.15) is 49.0 Å². The summed E-state index contributed by atoms with van der Waals surface area (Å²) in [6, 6.07) is 2.05. The third kappa shape index (κ3) is 4.05. The minimum Gasteiger partial charge on any atom is -0.395 e. The molecule has 1 fully saturated rings. The van der Waals surface area contributed by atoms with E-state index in [0.29, 0.717) is 23.5 Å². The molecule has 0 radical (unpaired) electrons. The van der Waals surface area contributed by atoms with Gasteiger partial charge in [-0.1, -0.05) is 18.8 Å². The van der Waals surface area contributed by atoms with Gasteiger partial charge < -0.3 is 10.0 Å². The van der Waals surface area contributed by atoms with E-state index in [4.69, 9.17) is 5.11 Å². The molecule has 0 bridgehead atoms. The lowest BCUT2D eigenvalue weighted by molar-refractivity contribution is 0.0588. The summed E-state index contributed by atoms with van der Waals surface area (Å²) in [7, 11) is 0. The van der Waals surface area contributed by atoms with Gasteiger partial charge in [-0.2, -0.15) is 0 Å². The van der Waals surface area contributed by atoms with Crippen molar-refractivity contribution in [3.05, 3.63) is 29.6 Å². The molecule has 1 saturated heterocycles. The van der Waals surface area contributed by atoms with Crippen LogP contribution in [0.5, 0.6) is 0 Å². The first kappa shape index (κ1) is 15.5. The Morgan fingerprint density at radius 1 is 1.48 bits per heavy atom. The molecule has 112 valence electrons. The fourth-order valence-electron chi connectivity index (χ4n) is 2.72. The van der Waals surface area contributed by atoms with E-state index in [1.807, 2.05) is 4.90 Å². The molecule has 0 aromatic carbocycles. The van der Waals surface area contributed by atoms with Gasteiger partial charge in [-0.3, -0.25) is 9.78 Å². The standard InChI is InChI=1S/C17H22N2O2/c1-13-6-7-19(14(2)9-13)17(21)16-10-15(11-18-12-16)5-3-4-8-20/h10-14,20H,4,6-9H2,1-2H3. The number of piperidine rings is 1. The molecular formula is C17H22N2O2. The summed E-state index contributed by atoms with van der Waals surface area (Å²) >= 11 is 0. The summed E-state index contributed by atoms with van der Waals surface area (Å²) in [6.07, 6.45) is 5.78. The summed E-state index contributed by atoms with van der Waals surface area (Å²) in [5.74, 6) is 6.48. The maximum atomic E-state index is 12.6. The van der Waals surface area contributed by atoms with Crippen molar-refractivity contribution in [2.45, 2.75) is 39.2 Å². The molecule has 2 unspecified atom stereocenters. The highest BCUT2D eigenvalue weighted by molar-refractivity contribution is 5.94. The van der Waals surface area contributed by atoms with Crippen molar-refractivity contribution in [1.82, 2.24) is 9.88 Å². The number of amides is 1. The number of hydrogen-bond acceptors (Lipinski definition) is 3. The molecular weight excluding hydrogens is 264 g/mol. The minimum absolute atomic E-state index is 0.0349. The normalized spacial score (nSPS) is 21.6. The van der Waals surface area contributed by atoms with E-state index in [9.17, 15) is 4.79 Å². The van der Waals surface area contributed by atoms with Crippen LogP contribution in [-0.2, 0) is 0 Å². The summed E-state index contributed by atoms with van der Waals surface area (Å²) in [6.45, 7) is 5.19. The second-order valence-electron chi connectivity index (χ2n) is 5.71. The number of aromatic nitrogens is 1. The van der Waals surface area contributed by atoms with Gasteiger partial charge >= 0.3 is 0 Å². The highest BCUT2D eigenvalue weighted by Crippen LogP contribution is 2.23. The van der Waals surface area contributed by atoms with E-state index in [1.54, 1.807) is 18.5 Å². The molecule has 1 aliphatic heterocycles. The lowest BCUT2D eigenvalue weighted by atomic mass is 9.93. The molecule has 0 spiro atoms. The van der Waals surface area contributed by atoms with Crippen LogP contribution in [0.4, 0.5) is 0 Å². The van der Waals surface area contributed by atoms with Crippen LogP contribution < -0.4 is 0 Å². The highest BCUT2D eigenvalue weighted by Gasteiger charge is 2.27. The van der Waals surface area contributed by atoms with Gasteiger partial charge in [0, 0.05) is 37.0 Å². The third-order valence-corrected chi connectivity index (χ3v) is 3.85. The van der Waals surface area contributed by atoms with Crippen molar-refractivity contribution in [3.63, 3.8) is 0 Å². The number of hydrogen-bond donors (Lipinski definition) is 1. The SMILES string of the molecule is CC1CCN(C(=O)c2cncc(C#CCCO)c2)C(C)C1. The number of aliphatic hydroxyl groups is 1. The zero-order valence-electron chi connectivity index (χ0n) is 12.7. The topological polar surface area (TPSA) is 53.4 Å². The van der Waals surface area contributed by atoms with Gasteiger partial charge in [-0.25, -0.2) is 0 Å². The lowest BCUT2D eigenvalue weighted by Gasteiger charge is -2.36. The Hall–Kier alpha value is -1.86. The number of nitrogens with zero attached hydrogens (tertiary/aromatic N) is 2. The first-order chi connectivity index (χ1) is 10.1. The molecule has 1 aromatic heterocycles. The van der Waals surface area contributed by atoms with Crippen LogP contribution in [0, 0.1) is 17.8 Å². The molecule has 2 heterocycles. The zero-order valence-corrected chi connectivity index (χ0v) is 12.7. The number of likely N-dealkylation sites (tertiary alicyclic amines) is 1. The van der Waals surface area contributed by atoms with Crippen molar-refractivity contribution in [1.29, 1.82) is 0 Å². The first-order valence-corrected chi connectivity index (χ1v) is 7.47. The Kier molecular flexibility index (Phi) is 5.35. The summed E-state index contributed by atoms with van der Waals surface area (Å²) in [4.78, 5) is 18.6. The Bertz CT molecular complexity index is 559. The molecule has 1 N–H and O–H groups in total. The van der Waals surface area contributed by atoms with Gasteiger partial charge in [0.15, 0.2) is 0 Å². The van der Waals surface area contributed by atoms with Gasteiger partial charge in [-0.15, -0.1) is 0 Å². The Balaban J connectivity index is 2.13. The van der Waals surface area contributed by atoms with E-state index >= 15 is 0 Å². The number of aliphatic hydroxyl groups excluding tert-OH is 1. The number of pyridine rings is 1. The van der Waals surface area contributed by atoms with Crippen LogP contribution in [0.15, 0.2) is 18.5 Å². The van der Waals surface area contributed by atoms with Gasteiger partial charge in [0.05, 0.1) is 12.2 Å². The maximum absolute atomic E-state index is 12.6. The number of rotatable bonds is 2. The van der Waals surface area contributed by atoms with Crippen molar-refractivity contribution >= 4 is 5.91 Å². The van der Waals surface area contributed by atoms with E-state index in [2.05, 4.69) is 30.7 Å². The second-order valence-corrected chi connectivity index (χ2v) is 5.71. The number of carbonyl (C=O) groups is 1. The maximum Gasteiger partial charge on any atom is 0.255 e. The summed E-state index contributed by atoms with van der Waals surface area (Å²) in [5.41, 5.74) is 1.31. The average molecular weight is 286 g/mol. The third-order valence-electron chi connectivity index (χ3n) is 3.85. The Morgan fingerprint density at radius 3 is 3.00 bits per heavy atom. The lowest BCUT2D eigenvalue weighted by Crippen LogP contribution is -2.44. The van der Waals surface area contributed by atoms with E-state index in [0.717, 1.165) is 19.4 Å². The van der Waals surface area contributed by atoms with Gasteiger partial charge in [0.1, 0.15) is 0 Å². The van der Waals surface area contributed by atoms with Gasteiger partial charge in [-0.05, 0) is 31.7 Å². The zero-order chi connectivity index (χ0) is 15.2. The van der Waals surface area contributed by atoms with Gasteiger partial charge in [0.2, 0.25) is 0 Å². The largest absolute Gasteiger partial charge is 0.395 e. The molecule has 1 aliphatic rings. The smallest absolute Gasteiger partial charge is 0.255 e. The van der Waals surface area contributed by atoms with Crippen molar-refractivity contribution < 1.29 is 9.90 Å². The highest BCUT2D eigenvalue weighted by atomic mass is 16.2. The first-order valence-electron chi connectivity index (χ1n) is 7.47. The molecule has 1 aromatic rings. The number of carbonyl (C=O) groups excluding carboxylic acids is 1. The summed E-state index contributed by atoms with van der Waals surface area (Å²) in [5, 5.41) is 8.73. The minimum atomic E-state index is 0.0349. The van der Waals surface area contributed by atoms with Crippen LogP contribution in [-0.4, -0.2) is 40.1 Å². The molecule has 2 rings (SSSR count). The molecule has 4 heteroatoms. The fourth-order valence-corrected chi connectivity index (χ4v) is 2.72. The van der Waals surface area contributed by atoms with Crippen LogP contribution in [0.3, 0.4) is 0 Å². The Labute approximate surface area is 126 Å². The van der Waals surface area contributed by atoms with E-state index < -0.39 is 0 Å². The molecule has 4 nitrogen and oxygen atoms in total. The van der Waals surface area contributed by atoms with Gasteiger partial charge in [0.25, 0.3) is 5.91 Å².